The molecule has 1 N–H and O–H groups in total. The van der Waals surface area contributed by atoms with Gasteiger partial charge in [0.2, 0.25) is 0 Å². The van der Waals surface area contributed by atoms with Crippen LogP contribution >= 0.6 is 11.3 Å². The molecular formula is C15H17NO2S. The molecule has 4 heteroatoms. The van der Waals surface area contributed by atoms with E-state index in [1.165, 1.54) is 16.9 Å². The van der Waals surface area contributed by atoms with Crippen LogP contribution in [0.3, 0.4) is 0 Å². The van der Waals surface area contributed by atoms with Crippen LogP contribution in [0.5, 0.6) is 0 Å². The number of aromatic nitrogens is 1. The predicted molar refractivity (Wildman–Crippen MR) is 77.6 cm³/mol. The lowest BCUT2D eigenvalue weighted by Crippen LogP contribution is -2.10. The molecule has 100 valence electrons. The maximum absolute atomic E-state index is 10.6. The Bertz CT molecular complexity index is 579. The molecule has 0 aliphatic rings. The first-order valence-electron chi connectivity index (χ1n) is 6.13. The van der Waals surface area contributed by atoms with E-state index in [0.717, 1.165) is 11.3 Å². The zero-order valence-electron chi connectivity index (χ0n) is 11.3. The third-order valence-corrected chi connectivity index (χ3v) is 3.75. The second-order valence-corrected chi connectivity index (χ2v) is 6.47. The lowest BCUT2D eigenvalue weighted by atomic mass is 9.86. The maximum atomic E-state index is 10.6. The Morgan fingerprint density at radius 1 is 1.26 bits per heavy atom. The van der Waals surface area contributed by atoms with Gasteiger partial charge in [-0.25, -0.2) is 4.98 Å². The van der Waals surface area contributed by atoms with Crippen molar-refractivity contribution in [3.8, 4) is 11.3 Å². The van der Waals surface area contributed by atoms with Crippen LogP contribution in [0.25, 0.3) is 11.3 Å². The van der Waals surface area contributed by atoms with E-state index in [4.69, 9.17) is 5.11 Å². The normalized spacial score (nSPS) is 11.5. The molecule has 1 heterocycles. The molecular weight excluding hydrogens is 258 g/mol. The van der Waals surface area contributed by atoms with E-state index in [9.17, 15) is 4.79 Å². The number of carbonyl (C=O) groups is 1. The Hall–Kier alpha value is -1.68. The predicted octanol–water partition coefficient (Wildman–Crippen LogP) is 3.73. The number of hydrogen-bond donors (Lipinski definition) is 1. The Morgan fingerprint density at radius 2 is 1.89 bits per heavy atom. The van der Waals surface area contributed by atoms with Crippen LogP contribution in [-0.2, 0) is 16.6 Å². The van der Waals surface area contributed by atoms with Crippen molar-refractivity contribution in [1.29, 1.82) is 0 Å². The number of carboxylic acids is 1. The van der Waals surface area contributed by atoms with E-state index in [1.54, 1.807) is 0 Å². The molecule has 0 bridgehead atoms. The third-order valence-electron chi connectivity index (χ3n) is 2.90. The van der Waals surface area contributed by atoms with Gasteiger partial charge < -0.3 is 5.11 Å². The zero-order valence-corrected chi connectivity index (χ0v) is 12.1. The molecule has 0 saturated carbocycles. The van der Waals surface area contributed by atoms with Gasteiger partial charge in [-0.05, 0) is 11.0 Å². The molecule has 19 heavy (non-hydrogen) atoms. The van der Waals surface area contributed by atoms with Gasteiger partial charge in [0.1, 0.15) is 5.01 Å². The van der Waals surface area contributed by atoms with E-state index < -0.39 is 5.97 Å². The molecule has 1 aromatic heterocycles. The minimum Gasteiger partial charge on any atom is -0.481 e. The Kier molecular flexibility index (Phi) is 3.71. The molecule has 0 aliphatic carbocycles. The fourth-order valence-corrected chi connectivity index (χ4v) is 2.59. The van der Waals surface area contributed by atoms with Crippen molar-refractivity contribution in [2.45, 2.75) is 32.6 Å². The second-order valence-electron chi connectivity index (χ2n) is 5.52. The second kappa shape index (κ2) is 5.13. The molecule has 0 spiro atoms. The fraction of sp³-hybridized carbons (Fsp3) is 0.333. The molecule has 2 rings (SSSR count). The number of carboxylic acid groups (broad SMARTS) is 1. The number of benzene rings is 1. The summed E-state index contributed by atoms with van der Waals surface area (Å²) in [5.74, 6) is -0.844. The molecule has 0 atom stereocenters. The first kappa shape index (κ1) is 13.7. The molecule has 0 saturated heterocycles. The number of thiazole rings is 1. The van der Waals surface area contributed by atoms with Gasteiger partial charge in [0.05, 0.1) is 12.1 Å². The van der Waals surface area contributed by atoms with Crippen molar-refractivity contribution in [1.82, 2.24) is 4.98 Å². The van der Waals surface area contributed by atoms with E-state index in [1.807, 2.05) is 17.5 Å². The van der Waals surface area contributed by atoms with E-state index >= 15 is 0 Å². The molecule has 0 fully saturated rings. The SMILES string of the molecule is CC(C)(C)c1ccc(-c2csc(CC(=O)O)n2)cc1. The van der Waals surface area contributed by atoms with Crippen molar-refractivity contribution in [3.63, 3.8) is 0 Å². The minimum atomic E-state index is -0.844. The lowest BCUT2D eigenvalue weighted by molar-refractivity contribution is -0.136. The summed E-state index contributed by atoms with van der Waals surface area (Å²) >= 11 is 1.39. The van der Waals surface area contributed by atoms with Crippen LogP contribution in [0.2, 0.25) is 0 Å². The standard InChI is InChI=1S/C15H17NO2S/c1-15(2,3)11-6-4-10(5-7-11)12-9-19-13(16-12)8-14(17)18/h4-7,9H,8H2,1-3H3,(H,17,18). The number of aliphatic carboxylic acids is 1. The van der Waals surface area contributed by atoms with Crippen LogP contribution in [0.1, 0.15) is 31.3 Å². The van der Waals surface area contributed by atoms with Crippen molar-refractivity contribution in [2.75, 3.05) is 0 Å². The number of rotatable bonds is 3. The maximum Gasteiger partial charge on any atom is 0.310 e. The highest BCUT2D eigenvalue weighted by Crippen LogP contribution is 2.27. The van der Waals surface area contributed by atoms with Crippen LogP contribution in [0.15, 0.2) is 29.6 Å². The van der Waals surface area contributed by atoms with E-state index in [2.05, 4.69) is 37.9 Å². The molecule has 2 aromatic rings. The van der Waals surface area contributed by atoms with Crippen molar-refractivity contribution in [3.05, 3.63) is 40.2 Å². The summed E-state index contributed by atoms with van der Waals surface area (Å²) in [5.41, 5.74) is 3.29. The van der Waals surface area contributed by atoms with Crippen LogP contribution in [0, 0.1) is 0 Å². The summed E-state index contributed by atoms with van der Waals surface area (Å²) in [5, 5.41) is 11.3. The first-order valence-corrected chi connectivity index (χ1v) is 7.01. The molecule has 0 unspecified atom stereocenters. The topological polar surface area (TPSA) is 50.2 Å². The lowest BCUT2D eigenvalue weighted by Gasteiger charge is -2.18. The Balaban J connectivity index is 2.23. The van der Waals surface area contributed by atoms with Crippen molar-refractivity contribution >= 4 is 17.3 Å². The van der Waals surface area contributed by atoms with Crippen LogP contribution in [-0.4, -0.2) is 16.1 Å². The summed E-state index contributed by atoms with van der Waals surface area (Å²) in [4.78, 5) is 15.0. The van der Waals surface area contributed by atoms with Crippen LogP contribution in [0.4, 0.5) is 0 Å². The van der Waals surface area contributed by atoms with Gasteiger partial charge in [-0.3, -0.25) is 4.79 Å². The molecule has 0 radical (unpaired) electrons. The summed E-state index contributed by atoms with van der Waals surface area (Å²) in [6, 6.07) is 8.29. The summed E-state index contributed by atoms with van der Waals surface area (Å²) in [7, 11) is 0. The first-order chi connectivity index (χ1) is 8.86. The van der Waals surface area contributed by atoms with Gasteiger partial charge >= 0.3 is 5.97 Å². The van der Waals surface area contributed by atoms with Gasteiger partial charge in [-0.2, -0.15) is 0 Å². The number of nitrogens with zero attached hydrogens (tertiary/aromatic N) is 1. The Morgan fingerprint density at radius 3 is 2.42 bits per heavy atom. The van der Waals surface area contributed by atoms with Crippen LogP contribution < -0.4 is 0 Å². The quantitative estimate of drug-likeness (QED) is 0.928. The van der Waals surface area contributed by atoms with Crippen molar-refractivity contribution < 1.29 is 9.90 Å². The van der Waals surface area contributed by atoms with Crippen molar-refractivity contribution in [2.24, 2.45) is 0 Å². The zero-order chi connectivity index (χ0) is 14.0. The minimum absolute atomic E-state index is 0.00919. The average molecular weight is 275 g/mol. The molecule has 1 aromatic carbocycles. The van der Waals surface area contributed by atoms with E-state index in [-0.39, 0.29) is 11.8 Å². The highest BCUT2D eigenvalue weighted by atomic mass is 32.1. The summed E-state index contributed by atoms with van der Waals surface area (Å²) < 4.78 is 0. The molecule has 0 amide bonds. The van der Waals surface area contributed by atoms with E-state index in [0.29, 0.717) is 5.01 Å². The monoisotopic (exact) mass is 275 g/mol. The average Bonchev–Trinajstić information content (AvgIpc) is 2.75. The molecule has 0 aliphatic heterocycles. The highest BCUT2D eigenvalue weighted by molar-refractivity contribution is 7.10. The van der Waals surface area contributed by atoms with Gasteiger partial charge in [-0.1, -0.05) is 45.0 Å². The smallest absolute Gasteiger partial charge is 0.310 e. The summed E-state index contributed by atoms with van der Waals surface area (Å²) in [6.07, 6.45) is -0.00919. The molecule has 3 nitrogen and oxygen atoms in total. The highest BCUT2D eigenvalue weighted by Gasteiger charge is 2.14. The van der Waals surface area contributed by atoms with Gasteiger partial charge in [0.15, 0.2) is 0 Å². The third kappa shape index (κ3) is 3.41. The summed E-state index contributed by atoms with van der Waals surface area (Å²) in [6.45, 7) is 6.53. The Labute approximate surface area is 116 Å². The van der Waals surface area contributed by atoms with Gasteiger partial charge in [-0.15, -0.1) is 11.3 Å². The number of hydrogen-bond acceptors (Lipinski definition) is 3. The van der Waals surface area contributed by atoms with Gasteiger partial charge in [0, 0.05) is 10.9 Å². The fourth-order valence-electron chi connectivity index (χ4n) is 1.80. The van der Waals surface area contributed by atoms with Gasteiger partial charge in [0.25, 0.3) is 0 Å². The largest absolute Gasteiger partial charge is 0.481 e.